The zero-order valence-electron chi connectivity index (χ0n) is 25.6. The minimum absolute atomic E-state index is 0.155. The van der Waals surface area contributed by atoms with Crippen LogP contribution in [-0.4, -0.2) is 38.8 Å². The fraction of sp³-hybridized carbons (Fsp3) is 0.182. The van der Waals surface area contributed by atoms with E-state index in [0.717, 1.165) is 23.5 Å². The molecular weight excluding hydrogens is 631 g/mol. The normalized spacial score (nSPS) is 12.1. The second kappa shape index (κ2) is 14.4. The summed E-state index contributed by atoms with van der Waals surface area (Å²) in [6.07, 6.45) is 3.96. The van der Waals surface area contributed by atoms with Crippen LogP contribution in [0.5, 0.6) is 23.3 Å². The highest BCUT2D eigenvalue weighted by molar-refractivity contribution is 7.98. The van der Waals surface area contributed by atoms with Crippen LogP contribution in [0.2, 0.25) is 0 Å². The van der Waals surface area contributed by atoms with Crippen LogP contribution >= 0.6 is 11.8 Å². The first-order valence-corrected chi connectivity index (χ1v) is 15.5. The van der Waals surface area contributed by atoms with Gasteiger partial charge in [0.25, 0.3) is 0 Å². The van der Waals surface area contributed by atoms with Gasteiger partial charge in [-0.2, -0.15) is 13.2 Å². The third kappa shape index (κ3) is 8.27. The van der Waals surface area contributed by atoms with E-state index in [2.05, 4.69) is 25.3 Å². The van der Waals surface area contributed by atoms with Crippen molar-refractivity contribution in [2.75, 3.05) is 28.8 Å². The van der Waals surface area contributed by atoms with Gasteiger partial charge >= 0.3 is 12.2 Å². The van der Waals surface area contributed by atoms with Crippen LogP contribution in [0.15, 0.2) is 90.3 Å². The van der Waals surface area contributed by atoms with E-state index in [1.54, 1.807) is 61.2 Å². The van der Waals surface area contributed by atoms with Crippen LogP contribution in [0.3, 0.4) is 0 Å². The molecule has 2 amide bonds. The number of aryl methyl sites for hydroxylation is 2. The number of alkyl halides is 3. The minimum Gasteiger partial charge on any atom is -0.437 e. The summed E-state index contributed by atoms with van der Waals surface area (Å²) in [5, 5.41) is 2.68. The Morgan fingerprint density at radius 3 is 2.02 bits per heavy atom. The van der Waals surface area contributed by atoms with Crippen molar-refractivity contribution in [1.82, 2.24) is 19.9 Å². The van der Waals surface area contributed by atoms with Gasteiger partial charge in [0.15, 0.2) is 11.5 Å². The largest absolute Gasteiger partial charge is 0.437 e. The van der Waals surface area contributed by atoms with Gasteiger partial charge in [-0.05, 0) is 80.6 Å². The fourth-order valence-corrected chi connectivity index (χ4v) is 5.21. The summed E-state index contributed by atoms with van der Waals surface area (Å²) >= 11 is 1.04. The fourth-order valence-electron chi connectivity index (χ4n) is 4.55. The standard InChI is InChI=1S/C22H19F3N4O2S.C11H11N3O/c1-13-18(4-3-8-26-13)31-20-6-5-15(12-27-20)28-21(30)29-9-7-14-10-19(32-2)16(11-17(14)29)22(23,24)25;1-8-10(3-2-6-13-8)15-11-5-4-9(12)7-14-11/h3-6,8,10-12H,7,9H2,1-2H3,(H,28,30);2-7H,12H2,1H3. The van der Waals surface area contributed by atoms with Crippen molar-refractivity contribution < 1.29 is 27.4 Å². The van der Waals surface area contributed by atoms with E-state index in [-0.39, 0.29) is 10.6 Å². The van der Waals surface area contributed by atoms with Gasteiger partial charge in [0.2, 0.25) is 11.8 Å². The van der Waals surface area contributed by atoms with Crippen molar-refractivity contribution in [2.24, 2.45) is 0 Å². The second-order valence-corrected chi connectivity index (χ2v) is 11.1. The number of rotatable bonds is 6. The van der Waals surface area contributed by atoms with Gasteiger partial charge in [0.05, 0.1) is 40.7 Å². The molecule has 1 aromatic carbocycles. The third-order valence-corrected chi connectivity index (χ3v) is 7.72. The highest BCUT2D eigenvalue weighted by atomic mass is 32.2. The predicted octanol–water partition coefficient (Wildman–Crippen LogP) is 8.07. The number of aromatic nitrogens is 4. The number of benzene rings is 1. The molecule has 14 heteroatoms. The van der Waals surface area contributed by atoms with Gasteiger partial charge < -0.3 is 20.5 Å². The lowest BCUT2D eigenvalue weighted by Crippen LogP contribution is -2.33. The highest BCUT2D eigenvalue weighted by Crippen LogP contribution is 2.42. The van der Waals surface area contributed by atoms with Gasteiger partial charge in [0.1, 0.15) is 0 Å². The Kier molecular flexibility index (Phi) is 10.1. The van der Waals surface area contributed by atoms with E-state index in [0.29, 0.717) is 58.9 Å². The lowest BCUT2D eigenvalue weighted by molar-refractivity contribution is -0.139. The number of ether oxygens (including phenoxy) is 2. The van der Waals surface area contributed by atoms with Crippen molar-refractivity contribution in [1.29, 1.82) is 0 Å². The van der Waals surface area contributed by atoms with E-state index in [4.69, 9.17) is 15.2 Å². The highest BCUT2D eigenvalue weighted by Gasteiger charge is 2.36. The number of carbonyl (C=O) groups is 1. The number of anilines is 3. The van der Waals surface area contributed by atoms with Crippen molar-refractivity contribution in [3.8, 4) is 23.3 Å². The van der Waals surface area contributed by atoms with Gasteiger partial charge in [-0.15, -0.1) is 11.8 Å². The Hall–Kier alpha value is -5.37. The molecule has 10 nitrogen and oxygen atoms in total. The third-order valence-electron chi connectivity index (χ3n) is 6.94. The maximum absolute atomic E-state index is 13.4. The topological polar surface area (TPSA) is 128 Å². The quantitative estimate of drug-likeness (QED) is 0.174. The van der Waals surface area contributed by atoms with Crippen LogP contribution in [0.4, 0.5) is 35.0 Å². The average Bonchev–Trinajstić information content (AvgIpc) is 3.48. The number of nitrogen functional groups attached to an aromatic ring is 1. The lowest BCUT2D eigenvalue weighted by Gasteiger charge is -2.20. The minimum atomic E-state index is -4.50. The van der Waals surface area contributed by atoms with E-state index < -0.39 is 17.8 Å². The van der Waals surface area contributed by atoms with Crippen molar-refractivity contribution in [2.45, 2.75) is 31.3 Å². The number of thioether (sulfide) groups is 1. The van der Waals surface area contributed by atoms with E-state index in [1.165, 1.54) is 17.2 Å². The lowest BCUT2D eigenvalue weighted by atomic mass is 10.1. The molecule has 242 valence electrons. The van der Waals surface area contributed by atoms with Gasteiger partial charge in [-0.1, -0.05) is 0 Å². The number of pyridine rings is 4. The zero-order valence-corrected chi connectivity index (χ0v) is 26.4. The number of hydrogen-bond donors (Lipinski definition) is 2. The molecule has 0 saturated carbocycles. The monoisotopic (exact) mass is 661 g/mol. The molecule has 3 N–H and O–H groups in total. The van der Waals surface area contributed by atoms with Crippen molar-refractivity contribution in [3.05, 3.63) is 108 Å². The smallest absolute Gasteiger partial charge is 0.417 e. The molecule has 0 radical (unpaired) electrons. The SMILES string of the molecule is CSc1cc2c(cc1C(F)(F)F)N(C(=O)Nc1ccc(Oc3cccnc3C)nc1)CC2.Cc1ncccc1Oc1ccc(N)cn1. The first-order chi connectivity index (χ1) is 22.5. The molecule has 0 saturated heterocycles. The first kappa shape index (κ1) is 33.0. The summed E-state index contributed by atoms with van der Waals surface area (Å²) in [7, 11) is 0. The number of hydrogen-bond acceptors (Lipinski definition) is 9. The molecule has 4 aromatic heterocycles. The summed E-state index contributed by atoms with van der Waals surface area (Å²) in [4.78, 5) is 30.7. The second-order valence-electron chi connectivity index (χ2n) is 10.2. The Morgan fingerprint density at radius 1 is 0.894 bits per heavy atom. The maximum atomic E-state index is 13.4. The molecule has 1 aliphatic heterocycles. The summed E-state index contributed by atoms with van der Waals surface area (Å²) in [6, 6.07) is 15.9. The predicted molar refractivity (Wildman–Crippen MR) is 174 cm³/mol. The number of nitrogens with two attached hydrogens (primary N) is 1. The molecule has 5 heterocycles. The molecule has 1 aliphatic rings. The average molecular weight is 662 g/mol. The van der Waals surface area contributed by atoms with E-state index in [9.17, 15) is 18.0 Å². The Labute approximate surface area is 273 Å². The number of amides is 2. The Bertz CT molecular complexity index is 1860. The number of urea groups is 1. The molecule has 0 fully saturated rings. The molecule has 5 aromatic rings. The molecule has 6 rings (SSSR count). The molecular formula is C33H30F3N7O3S. The van der Waals surface area contributed by atoms with Crippen LogP contribution in [0.1, 0.15) is 22.5 Å². The molecule has 0 unspecified atom stereocenters. The van der Waals surface area contributed by atoms with E-state index in [1.807, 2.05) is 26.0 Å². The molecule has 0 atom stereocenters. The number of nitrogens with zero attached hydrogens (tertiary/aromatic N) is 5. The van der Waals surface area contributed by atoms with Crippen molar-refractivity contribution >= 4 is 34.9 Å². The van der Waals surface area contributed by atoms with Crippen molar-refractivity contribution in [3.63, 3.8) is 0 Å². The molecule has 0 spiro atoms. The first-order valence-electron chi connectivity index (χ1n) is 14.2. The number of nitrogens with one attached hydrogen (secondary N) is 1. The van der Waals surface area contributed by atoms with Gasteiger partial charge in [0, 0.05) is 41.7 Å². The molecule has 47 heavy (non-hydrogen) atoms. The number of halogens is 3. The number of fused-ring (bicyclic) bond motifs is 1. The van der Waals surface area contributed by atoms with Crippen LogP contribution < -0.4 is 25.4 Å². The Morgan fingerprint density at radius 2 is 1.51 bits per heavy atom. The molecule has 0 bridgehead atoms. The zero-order chi connectivity index (χ0) is 33.6. The summed E-state index contributed by atoms with van der Waals surface area (Å²) in [5.41, 5.74) is 8.32. The van der Waals surface area contributed by atoms with Gasteiger partial charge in [-0.3, -0.25) is 14.9 Å². The van der Waals surface area contributed by atoms with Crippen LogP contribution in [0.25, 0.3) is 0 Å². The number of carbonyl (C=O) groups excluding carboxylic acids is 1. The van der Waals surface area contributed by atoms with E-state index >= 15 is 0 Å². The maximum Gasteiger partial charge on any atom is 0.417 e. The summed E-state index contributed by atoms with van der Waals surface area (Å²) < 4.78 is 51.5. The molecule has 0 aliphatic carbocycles. The van der Waals surface area contributed by atoms with Crippen LogP contribution in [0, 0.1) is 13.8 Å². The van der Waals surface area contributed by atoms with Crippen LogP contribution in [-0.2, 0) is 12.6 Å². The van der Waals surface area contributed by atoms with Gasteiger partial charge in [-0.25, -0.2) is 14.8 Å². The summed E-state index contributed by atoms with van der Waals surface area (Å²) in [5.74, 6) is 2.11. The Balaban J connectivity index is 0.000000241. The summed E-state index contributed by atoms with van der Waals surface area (Å²) in [6.45, 7) is 3.99.